The second kappa shape index (κ2) is 7.20. The first-order chi connectivity index (χ1) is 14.0. The Balaban J connectivity index is 1.73. The predicted molar refractivity (Wildman–Crippen MR) is 108 cm³/mol. The van der Waals surface area contributed by atoms with Gasteiger partial charge in [0, 0.05) is 30.6 Å². The fraction of sp³-hybridized carbons (Fsp3) is 0.333. The zero-order valence-corrected chi connectivity index (χ0v) is 17.2. The Kier molecular flexibility index (Phi) is 4.70. The van der Waals surface area contributed by atoms with Crippen LogP contribution in [0.2, 0.25) is 0 Å². The number of nitrogens with zero attached hydrogens (tertiary/aromatic N) is 5. The van der Waals surface area contributed by atoms with Crippen LogP contribution in [0.3, 0.4) is 0 Å². The van der Waals surface area contributed by atoms with Crippen molar-refractivity contribution >= 4 is 11.7 Å². The van der Waals surface area contributed by atoms with E-state index >= 15 is 0 Å². The molecule has 4 heterocycles. The van der Waals surface area contributed by atoms with Crippen LogP contribution in [0.1, 0.15) is 34.2 Å². The van der Waals surface area contributed by atoms with E-state index in [1.807, 2.05) is 36.9 Å². The summed E-state index contributed by atoms with van der Waals surface area (Å²) in [5, 5.41) is 4.50. The first-order valence-electron chi connectivity index (χ1n) is 9.40. The van der Waals surface area contributed by atoms with Crippen molar-refractivity contribution in [1.29, 1.82) is 0 Å². The normalized spacial score (nSPS) is 13.0. The van der Waals surface area contributed by atoms with Crippen LogP contribution < -0.4 is 14.4 Å². The van der Waals surface area contributed by atoms with E-state index in [4.69, 9.17) is 14.5 Å². The van der Waals surface area contributed by atoms with Crippen LogP contribution in [0.15, 0.2) is 24.4 Å². The molecule has 0 fully saturated rings. The number of pyridine rings is 2. The zero-order chi connectivity index (χ0) is 20.7. The van der Waals surface area contributed by atoms with Crippen molar-refractivity contribution in [3.8, 4) is 22.9 Å². The first-order valence-corrected chi connectivity index (χ1v) is 9.40. The zero-order valence-electron chi connectivity index (χ0n) is 17.2. The van der Waals surface area contributed by atoms with E-state index in [0.717, 1.165) is 34.6 Å². The lowest BCUT2D eigenvalue weighted by molar-refractivity contribution is 0.0995. The average Bonchev–Trinajstić information content (AvgIpc) is 3.26. The van der Waals surface area contributed by atoms with Gasteiger partial charge in [-0.1, -0.05) is 6.92 Å². The third-order valence-electron chi connectivity index (χ3n) is 5.19. The fourth-order valence-corrected chi connectivity index (χ4v) is 3.66. The number of methoxy groups -OCH3 is 2. The SMILES string of the molecule is CCc1cc(N2Cc3nc(-c4cnc(OC)c(OC)c4)cc(C)c3C2=O)nn1C. The Labute approximate surface area is 169 Å². The molecule has 1 aliphatic heterocycles. The molecule has 29 heavy (non-hydrogen) atoms. The molecule has 0 saturated heterocycles. The average molecular weight is 393 g/mol. The minimum absolute atomic E-state index is 0.0669. The van der Waals surface area contributed by atoms with E-state index in [2.05, 4.69) is 17.0 Å². The number of ether oxygens (including phenoxy) is 2. The first kappa shape index (κ1) is 18.9. The number of hydrogen-bond donors (Lipinski definition) is 0. The molecule has 0 unspecified atom stereocenters. The molecule has 8 heteroatoms. The summed E-state index contributed by atoms with van der Waals surface area (Å²) in [6.07, 6.45) is 2.54. The molecule has 0 atom stereocenters. The molecule has 3 aromatic heterocycles. The number of carbonyl (C=O) groups excluding carboxylic acids is 1. The topological polar surface area (TPSA) is 82.4 Å². The van der Waals surface area contributed by atoms with Gasteiger partial charge in [-0.05, 0) is 31.0 Å². The summed E-state index contributed by atoms with van der Waals surface area (Å²) >= 11 is 0. The van der Waals surface area contributed by atoms with Crippen molar-refractivity contribution in [3.05, 3.63) is 46.9 Å². The number of hydrogen-bond acceptors (Lipinski definition) is 6. The van der Waals surface area contributed by atoms with E-state index in [9.17, 15) is 4.79 Å². The lowest BCUT2D eigenvalue weighted by Crippen LogP contribution is -2.23. The quantitative estimate of drug-likeness (QED) is 0.663. The summed E-state index contributed by atoms with van der Waals surface area (Å²) in [7, 11) is 5.00. The van der Waals surface area contributed by atoms with Gasteiger partial charge in [-0.3, -0.25) is 19.4 Å². The molecule has 3 aromatic rings. The molecule has 8 nitrogen and oxygen atoms in total. The van der Waals surface area contributed by atoms with Crippen LogP contribution in [-0.4, -0.2) is 39.9 Å². The maximum atomic E-state index is 13.0. The minimum Gasteiger partial charge on any atom is -0.491 e. The summed E-state index contributed by atoms with van der Waals surface area (Å²) in [5.74, 6) is 1.53. The minimum atomic E-state index is -0.0669. The summed E-state index contributed by atoms with van der Waals surface area (Å²) in [5.41, 5.74) is 4.86. The van der Waals surface area contributed by atoms with Gasteiger partial charge in [-0.2, -0.15) is 5.10 Å². The van der Waals surface area contributed by atoms with Crippen molar-refractivity contribution in [2.45, 2.75) is 26.8 Å². The van der Waals surface area contributed by atoms with Crippen LogP contribution in [0.5, 0.6) is 11.6 Å². The number of rotatable bonds is 5. The highest BCUT2D eigenvalue weighted by atomic mass is 16.5. The van der Waals surface area contributed by atoms with Gasteiger partial charge in [0.2, 0.25) is 0 Å². The van der Waals surface area contributed by atoms with Gasteiger partial charge in [0.05, 0.1) is 37.7 Å². The highest BCUT2D eigenvalue weighted by Crippen LogP contribution is 2.34. The highest BCUT2D eigenvalue weighted by molar-refractivity contribution is 6.10. The third kappa shape index (κ3) is 3.10. The second-order valence-electron chi connectivity index (χ2n) is 6.94. The van der Waals surface area contributed by atoms with Crippen LogP contribution in [-0.2, 0) is 20.0 Å². The molecular weight excluding hydrogens is 370 g/mol. The molecule has 150 valence electrons. The van der Waals surface area contributed by atoms with E-state index in [-0.39, 0.29) is 5.91 Å². The lowest BCUT2D eigenvalue weighted by atomic mass is 10.1. The molecule has 0 saturated carbocycles. The Morgan fingerprint density at radius 2 is 1.97 bits per heavy atom. The highest BCUT2D eigenvalue weighted by Gasteiger charge is 2.33. The number of carbonyl (C=O) groups is 1. The summed E-state index contributed by atoms with van der Waals surface area (Å²) in [6, 6.07) is 5.69. The molecule has 0 spiro atoms. The van der Waals surface area contributed by atoms with Crippen molar-refractivity contribution in [3.63, 3.8) is 0 Å². The molecule has 0 bridgehead atoms. The van der Waals surface area contributed by atoms with Gasteiger partial charge in [0.25, 0.3) is 11.8 Å². The maximum absolute atomic E-state index is 13.0. The monoisotopic (exact) mass is 393 g/mol. The van der Waals surface area contributed by atoms with Crippen molar-refractivity contribution in [2.24, 2.45) is 7.05 Å². The Morgan fingerprint density at radius 3 is 2.62 bits per heavy atom. The van der Waals surface area contributed by atoms with Gasteiger partial charge in [0.1, 0.15) is 0 Å². The molecule has 1 amide bonds. The van der Waals surface area contributed by atoms with E-state index in [1.165, 1.54) is 0 Å². The maximum Gasteiger partial charge on any atom is 0.262 e. The molecule has 0 aliphatic carbocycles. The number of amides is 1. The van der Waals surface area contributed by atoms with Gasteiger partial charge in [-0.15, -0.1) is 0 Å². The smallest absolute Gasteiger partial charge is 0.262 e. The van der Waals surface area contributed by atoms with Crippen molar-refractivity contribution < 1.29 is 14.3 Å². The van der Waals surface area contributed by atoms with Crippen molar-refractivity contribution in [1.82, 2.24) is 19.7 Å². The Morgan fingerprint density at radius 1 is 1.17 bits per heavy atom. The molecule has 0 aromatic carbocycles. The number of fused-ring (bicyclic) bond motifs is 1. The van der Waals surface area contributed by atoms with Crippen molar-refractivity contribution in [2.75, 3.05) is 19.1 Å². The summed E-state index contributed by atoms with van der Waals surface area (Å²) < 4.78 is 12.4. The molecule has 1 aliphatic rings. The van der Waals surface area contributed by atoms with E-state index in [1.54, 1.807) is 25.3 Å². The third-order valence-corrected chi connectivity index (χ3v) is 5.19. The standard InChI is InChI=1S/C21H23N5O3/c1-6-14-9-18(24-25(14)3)26-11-16-19(21(26)27)12(2)7-15(23-16)13-8-17(28-4)20(29-5)22-10-13/h7-10H,6,11H2,1-5H3. The van der Waals surface area contributed by atoms with Crippen LogP contribution in [0.25, 0.3) is 11.3 Å². The fourth-order valence-electron chi connectivity index (χ4n) is 3.66. The number of aromatic nitrogens is 4. The van der Waals surface area contributed by atoms with E-state index < -0.39 is 0 Å². The van der Waals surface area contributed by atoms with Crippen LogP contribution in [0.4, 0.5) is 5.82 Å². The van der Waals surface area contributed by atoms with Gasteiger partial charge >= 0.3 is 0 Å². The lowest BCUT2D eigenvalue weighted by Gasteiger charge is -2.11. The second-order valence-corrected chi connectivity index (χ2v) is 6.94. The van der Waals surface area contributed by atoms with Crippen LogP contribution >= 0.6 is 0 Å². The van der Waals surface area contributed by atoms with E-state index in [0.29, 0.717) is 29.6 Å². The van der Waals surface area contributed by atoms with Gasteiger partial charge in [-0.25, -0.2) is 4.98 Å². The molecule has 0 N–H and O–H groups in total. The van der Waals surface area contributed by atoms with Gasteiger partial charge < -0.3 is 9.47 Å². The summed E-state index contributed by atoms with van der Waals surface area (Å²) in [6.45, 7) is 4.38. The molecule has 0 radical (unpaired) electrons. The molecule has 4 rings (SSSR count). The Bertz CT molecular complexity index is 1110. The largest absolute Gasteiger partial charge is 0.491 e. The number of anilines is 1. The van der Waals surface area contributed by atoms with Gasteiger partial charge in [0.15, 0.2) is 11.6 Å². The van der Waals surface area contributed by atoms with Crippen LogP contribution in [0, 0.1) is 6.92 Å². The Hall–Kier alpha value is -3.42. The number of aryl methyl sites for hydroxylation is 3. The predicted octanol–water partition coefficient (Wildman–Crippen LogP) is 2.93. The molecular formula is C21H23N5O3. The summed E-state index contributed by atoms with van der Waals surface area (Å²) in [4.78, 5) is 23.8.